The largest absolute Gasteiger partial charge is 0.495 e. The SMILES string of the molecule is COc1ccc2ncc(-c3cccc(NC4CNC4)n3)n2c1.Clc1ccc2ncc(-c3cccc(NC4CCCC4)n3)n2c1.Clc1ccc2ncc(-c3cccc(NC4CCCCC4)n3)n2c1.Clc1ccc2ncc(-c3cccc(NC4CNC4)n3)n2c1.[C-]#[N+]c1ccc2ncc(-c3cccc(NC4CCCCC4)n3)n2c1. The van der Waals surface area contributed by atoms with Crippen molar-refractivity contribution in [2.45, 2.75) is 120 Å². The van der Waals surface area contributed by atoms with Crippen LogP contribution >= 0.6 is 34.8 Å². The highest BCUT2D eigenvalue weighted by atomic mass is 35.5. The minimum Gasteiger partial charge on any atom is -0.495 e. The summed E-state index contributed by atoms with van der Waals surface area (Å²) in [7, 11) is 1.66. The van der Waals surface area contributed by atoms with Crippen molar-refractivity contribution in [2.75, 3.05) is 59.9 Å². The van der Waals surface area contributed by atoms with E-state index in [2.05, 4.69) is 72.0 Å². The predicted molar refractivity (Wildman–Crippen MR) is 447 cm³/mol. The molecule has 0 radical (unpaired) electrons. The number of hydrogen-bond acceptors (Lipinski definition) is 18. The molecule has 3 saturated carbocycles. The van der Waals surface area contributed by atoms with Gasteiger partial charge in [0.05, 0.1) is 135 Å². The van der Waals surface area contributed by atoms with Crippen LogP contribution in [-0.4, -0.2) is 135 Å². The van der Waals surface area contributed by atoms with Gasteiger partial charge in [-0.2, -0.15) is 0 Å². The van der Waals surface area contributed by atoms with Gasteiger partial charge in [-0.05, 0) is 154 Å². The normalized spacial score (nSPS) is 15.3. The van der Waals surface area contributed by atoms with Crippen LogP contribution in [0.25, 0.3) is 90.0 Å². The monoisotopic (exact) mass is 1550 g/mol. The Morgan fingerprint density at radius 3 is 0.911 bits per heavy atom. The Hall–Kier alpha value is -11.7. The molecule has 20 rings (SSSR count). The van der Waals surface area contributed by atoms with Crippen LogP contribution in [0.5, 0.6) is 5.75 Å². The summed E-state index contributed by atoms with van der Waals surface area (Å²) in [5, 5.41) is 26.0. The first-order valence-electron chi connectivity index (χ1n) is 38.4. The molecule has 2 aliphatic heterocycles. The van der Waals surface area contributed by atoms with Crippen molar-refractivity contribution in [2.24, 2.45) is 0 Å². The van der Waals surface area contributed by atoms with E-state index in [1.807, 2.05) is 230 Å². The Balaban J connectivity index is 0.000000106. The number of ether oxygens (including phenoxy) is 1. The minimum absolute atomic E-state index is 0.462. The summed E-state index contributed by atoms with van der Waals surface area (Å²) in [4.78, 5) is 49.2. The number of anilines is 5. The molecule has 112 heavy (non-hydrogen) atoms. The zero-order valence-corrected chi connectivity index (χ0v) is 64.3. The van der Waals surface area contributed by atoms with Crippen LogP contribution in [-0.2, 0) is 0 Å². The van der Waals surface area contributed by atoms with E-state index in [1.54, 1.807) is 13.2 Å². The highest BCUT2D eigenvalue weighted by Crippen LogP contribution is 2.32. The molecule has 568 valence electrons. The second kappa shape index (κ2) is 35.1. The van der Waals surface area contributed by atoms with E-state index in [9.17, 15) is 0 Å². The molecule has 0 atom stereocenters. The fourth-order valence-electron chi connectivity index (χ4n) is 14.6. The number of hydrogen-bond donors (Lipinski definition) is 7. The van der Waals surface area contributed by atoms with E-state index in [4.69, 9.17) is 66.0 Å². The van der Waals surface area contributed by atoms with Gasteiger partial charge in [0.15, 0.2) is 0 Å². The Morgan fingerprint density at radius 1 is 0.339 bits per heavy atom. The number of pyridine rings is 10. The lowest BCUT2D eigenvalue weighted by atomic mass is 9.95. The standard InChI is InChI=1S/C19H19N5.C18H19ClN4.C17H17ClN4.C16H17N5O.C15H14ClN5/c1-20-15-10-11-19-21-12-17(24(19)13-15)16-8-5-9-18(23-16)22-14-6-3-2-4-7-14;19-13-9-10-18-20-11-16(23(18)12-13)15-7-4-8-17(22-15)21-14-5-2-1-3-6-14;18-12-8-9-17-19-10-15(22(17)11-12)14-6-3-7-16(21-14)20-13-4-1-2-5-13;1-22-12-5-6-16-18-9-14(21(16)10-12)13-3-2-4-15(20-13)19-11-7-17-8-11;16-10-4-5-15-18-8-13(21(15)9-10)12-2-1-3-14(20-12)19-11-6-17-7-11/h5,8-14H,2-4,6-7H2,(H,22,23);4,7-12,14H,1-3,5-6H2,(H,21,22);3,6-11,13H,1-2,4-5H2,(H,20,21);2-6,9-11,17H,7-8H2,1H3,(H,19,20);1-5,8-9,11,17H,6-7H2,(H,19,20). The zero-order valence-electron chi connectivity index (χ0n) is 62.0. The molecule has 0 bridgehead atoms. The van der Waals surface area contributed by atoms with E-state index < -0.39 is 0 Å². The molecule has 5 fully saturated rings. The number of imidazole rings is 5. The van der Waals surface area contributed by atoms with Crippen LogP contribution in [0, 0.1) is 6.57 Å². The lowest BCUT2D eigenvalue weighted by Crippen LogP contribution is -2.51. The Labute approximate surface area is 663 Å². The topological polar surface area (TPSA) is 249 Å². The van der Waals surface area contributed by atoms with Crippen molar-refractivity contribution >= 4 is 97.8 Å². The van der Waals surface area contributed by atoms with E-state index in [0.29, 0.717) is 51.0 Å². The Morgan fingerprint density at radius 2 is 0.616 bits per heavy atom. The number of rotatable bonds is 16. The van der Waals surface area contributed by atoms with Gasteiger partial charge >= 0.3 is 0 Å². The molecule has 5 aliphatic rings. The molecular formula is C85H86Cl3N23O. The molecule has 0 spiro atoms. The van der Waals surface area contributed by atoms with Crippen LogP contribution in [0.4, 0.5) is 34.8 Å². The average Bonchev–Trinajstić information content (AvgIpc) is 1.66. The maximum Gasteiger partial charge on any atom is 0.203 e. The van der Waals surface area contributed by atoms with Crippen LogP contribution < -0.4 is 42.0 Å². The van der Waals surface area contributed by atoms with Crippen molar-refractivity contribution in [3.8, 4) is 62.7 Å². The Kier molecular flexibility index (Phi) is 23.3. The van der Waals surface area contributed by atoms with Gasteiger partial charge in [0.1, 0.15) is 63.1 Å². The molecule has 3 aliphatic carbocycles. The van der Waals surface area contributed by atoms with Gasteiger partial charge < -0.3 is 46.4 Å². The van der Waals surface area contributed by atoms with Gasteiger partial charge in [-0.3, -0.25) is 17.6 Å². The molecular weight excluding hydrogens is 1470 g/mol. The third-order valence-electron chi connectivity index (χ3n) is 20.7. The summed E-state index contributed by atoms with van der Waals surface area (Å²) in [6, 6.07) is 51.4. The number of methoxy groups -OCH3 is 1. The first-order chi connectivity index (χ1) is 55.0. The maximum absolute atomic E-state index is 7.19. The van der Waals surface area contributed by atoms with Gasteiger partial charge in [0.25, 0.3) is 0 Å². The summed E-state index contributed by atoms with van der Waals surface area (Å²) in [5.41, 5.74) is 14.0. The van der Waals surface area contributed by atoms with Crippen molar-refractivity contribution in [1.29, 1.82) is 0 Å². The van der Waals surface area contributed by atoms with E-state index in [1.165, 1.54) is 89.9 Å². The lowest BCUT2D eigenvalue weighted by molar-refractivity contribution is 0.412. The van der Waals surface area contributed by atoms with E-state index in [0.717, 1.165) is 146 Å². The summed E-state index contributed by atoms with van der Waals surface area (Å²) >= 11 is 18.3. The molecule has 15 aromatic rings. The van der Waals surface area contributed by atoms with Crippen molar-refractivity contribution in [3.05, 3.63) is 240 Å². The lowest BCUT2D eigenvalue weighted by Gasteiger charge is -2.28. The summed E-state index contributed by atoms with van der Waals surface area (Å²) in [6.07, 6.45) is 36.4. The molecule has 27 heteroatoms. The van der Waals surface area contributed by atoms with Crippen molar-refractivity contribution in [1.82, 2.24) is 82.5 Å². The number of nitrogens with one attached hydrogen (secondary N) is 7. The predicted octanol–water partition coefficient (Wildman–Crippen LogP) is 18.1. The molecule has 17 heterocycles. The van der Waals surface area contributed by atoms with Gasteiger partial charge in [0.2, 0.25) is 5.69 Å². The number of fused-ring (bicyclic) bond motifs is 5. The molecule has 0 aromatic carbocycles. The highest BCUT2D eigenvalue weighted by Gasteiger charge is 2.22. The van der Waals surface area contributed by atoms with Crippen molar-refractivity contribution < 1.29 is 4.74 Å². The number of aromatic nitrogens is 15. The van der Waals surface area contributed by atoms with Crippen LogP contribution in [0.3, 0.4) is 0 Å². The fourth-order valence-corrected chi connectivity index (χ4v) is 15.1. The second-order valence-electron chi connectivity index (χ2n) is 28.6. The van der Waals surface area contributed by atoms with Crippen molar-refractivity contribution in [3.63, 3.8) is 0 Å². The minimum atomic E-state index is 0.462. The first kappa shape index (κ1) is 74.4. The van der Waals surface area contributed by atoms with Gasteiger partial charge in [-0.25, -0.2) is 54.7 Å². The molecule has 15 aromatic heterocycles. The number of nitrogens with zero attached hydrogens (tertiary/aromatic N) is 16. The summed E-state index contributed by atoms with van der Waals surface area (Å²) in [5.74, 6) is 5.35. The van der Waals surface area contributed by atoms with E-state index in [-0.39, 0.29) is 0 Å². The molecule has 0 unspecified atom stereocenters. The molecule has 0 amide bonds. The maximum atomic E-state index is 7.19. The zero-order chi connectivity index (χ0) is 76.1. The van der Waals surface area contributed by atoms with Crippen LogP contribution in [0.15, 0.2) is 214 Å². The third-order valence-corrected chi connectivity index (χ3v) is 21.4. The molecule has 24 nitrogen and oxygen atoms in total. The quantitative estimate of drug-likeness (QED) is 0.0444. The molecule has 2 saturated heterocycles. The fraction of sp³-hybridized carbons (Fsp3) is 0.282. The summed E-state index contributed by atoms with van der Waals surface area (Å²) < 4.78 is 15.1. The van der Waals surface area contributed by atoms with Gasteiger partial charge in [0, 0.05) is 69.1 Å². The third kappa shape index (κ3) is 18.0. The van der Waals surface area contributed by atoms with E-state index >= 15 is 0 Å². The molecule has 7 N–H and O–H groups in total. The van der Waals surface area contributed by atoms with Gasteiger partial charge in [-0.1, -0.05) is 123 Å². The summed E-state index contributed by atoms with van der Waals surface area (Å²) in [6.45, 7) is 11.1. The van der Waals surface area contributed by atoms with Gasteiger partial charge in [-0.15, -0.1) is 0 Å². The smallest absolute Gasteiger partial charge is 0.203 e. The Bertz CT molecular complexity index is 5760. The van der Waals surface area contributed by atoms with Crippen LogP contribution in [0.2, 0.25) is 15.1 Å². The second-order valence-corrected chi connectivity index (χ2v) is 29.9. The highest BCUT2D eigenvalue weighted by molar-refractivity contribution is 6.31. The number of halogens is 3. The average molecular weight is 1550 g/mol. The first-order valence-corrected chi connectivity index (χ1v) is 39.5. The van der Waals surface area contributed by atoms with Crippen LogP contribution in [0.1, 0.15) is 89.9 Å².